The molecule has 2 rings (SSSR count). The molecule has 0 saturated carbocycles. The van der Waals surface area contributed by atoms with Gasteiger partial charge in [-0.15, -0.1) is 0 Å². The molecule has 0 amide bonds. The first-order chi connectivity index (χ1) is 8.90. The van der Waals surface area contributed by atoms with Crippen LogP contribution in [0.25, 0.3) is 0 Å². The van der Waals surface area contributed by atoms with Gasteiger partial charge in [0.05, 0.1) is 31.3 Å². The highest BCUT2D eigenvalue weighted by atomic mass is 16.5. The molecule has 0 aromatic heterocycles. The molecule has 3 heteroatoms. The van der Waals surface area contributed by atoms with Crippen LogP contribution in [0.2, 0.25) is 0 Å². The number of nitrogens with zero attached hydrogens (tertiary/aromatic N) is 1. The van der Waals surface area contributed by atoms with Crippen LogP contribution < -0.4 is 0 Å². The molecule has 2 unspecified atom stereocenters. The van der Waals surface area contributed by atoms with E-state index in [1.807, 2.05) is 30.3 Å². The number of hydrogen-bond acceptors (Lipinski definition) is 3. The Kier molecular flexibility index (Phi) is 5.19. The van der Waals surface area contributed by atoms with Crippen LogP contribution in [0.15, 0.2) is 30.3 Å². The van der Waals surface area contributed by atoms with Crippen molar-refractivity contribution >= 4 is 0 Å². The van der Waals surface area contributed by atoms with E-state index in [1.165, 1.54) is 6.42 Å². The summed E-state index contributed by atoms with van der Waals surface area (Å²) >= 11 is 0. The number of hydrogen-bond donors (Lipinski definition) is 0. The van der Waals surface area contributed by atoms with Crippen LogP contribution in [0.4, 0.5) is 0 Å². The summed E-state index contributed by atoms with van der Waals surface area (Å²) in [5.41, 5.74) is 1.06. The molecule has 1 aromatic carbocycles. The highest BCUT2D eigenvalue weighted by Gasteiger charge is 2.18. The molecule has 18 heavy (non-hydrogen) atoms. The average Bonchev–Trinajstić information content (AvgIpc) is 2.45. The lowest BCUT2D eigenvalue weighted by Gasteiger charge is -2.24. The summed E-state index contributed by atoms with van der Waals surface area (Å²) in [5, 5.41) is 8.87. The van der Waals surface area contributed by atoms with Crippen molar-refractivity contribution in [2.45, 2.75) is 37.9 Å². The SMILES string of the molecule is N#CCC(OCC1CCCCO1)c1ccccc1. The maximum absolute atomic E-state index is 8.87. The molecule has 96 valence electrons. The van der Waals surface area contributed by atoms with Crippen LogP contribution in [-0.2, 0) is 9.47 Å². The Labute approximate surface area is 108 Å². The van der Waals surface area contributed by atoms with E-state index >= 15 is 0 Å². The van der Waals surface area contributed by atoms with Gasteiger partial charge in [0.1, 0.15) is 0 Å². The molecule has 0 spiro atoms. The molecule has 0 bridgehead atoms. The van der Waals surface area contributed by atoms with E-state index in [9.17, 15) is 0 Å². The molecule has 0 radical (unpaired) electrons. The molecule has 3 nitrogen and oxygen atoms in total. The zero-order chi connectivity index (χ0) is 12.6. The Morgan fingerprint density at radius 2 is 2.17 bits per heavy atom. The Balaban J connectivity index is 1.88. The van der Waals surface area contributed by atoms with Crippen molar-refractivity contribution in [2.75, 3.05) is 13.2 Å². The van der Waals surface area contributed by atoms with Crippen molar-refractivity contribution in [3.8, 4) is 6.07 Å². The molecule has 2 atom stereocenters. The quantitative estimate of drug-likeness (QED) is 0.799. The fourth-order valence-electron chi connectivity index (χ4n) is 2.19. The smallest absolute Gasteiger partial charge is 0.0956 e. The molecule has 1 aliphatic rings. The molecule has 0 N–H and O–H groups in total. The molecule has 1 saturated heterocycles. The summed E-state index contributed by atoms with van der Waals surface area (Å²) in [6.45, 7) is 1.42. The Morgan fingerprint density at radius 1 is 1.33 bits per heavy atom. The molecular formula is C15H19NO2. The summed E-state index contributed by atoms with van der Waals surface area (Å²) < 4.78 is 11.5. The van der Waals surface area contributed by atoms with Crippen molar-refractivity contribution in [2.24, 2.45) is 0 Å². The van der Waals surface area contributed by atoms with Crippen molar-refractivity contribution in [1.82, 2.24) is 0 Å². The third-order valence-corrected chi connectivity index (χ3v) is 3.21. The second-order valence-electron chi connectivity index (χ2n) is 4.58. The van der Waals surface area contributed by atoms with Crippen LogP contribution in [0.5, 0.6) is 0 Å². The maximum atomic E-state index is 8.87. The van der Waals surface area contributed by atoms with E-state index < -0.39 is 0 Å². The molecular weight excluding hydrogens is 226 g/mol. The largest absolute Gasteiger partial charge is 0.376 e. The van der Waals surface area contributed by atoms with Crippen LogP contribution in [0.3, 0.4) is 0 Å². The summed E-state index contributed by atoms with van der Waals surface area (Å²) in [4.78, 5) is 0. The summed E-state index contributed by atoms with van der Waals surface area (Å²) in [6, 6.07) is 12.1. The van der Waals surface area contributed by atoms with Crippen LogP contribution in [-0.4, -0.2) is 19.3 Å². The Bertz CT molecular complexity index is 379. The molecule has 1 fully saturated rings. The molecule has 1 aliphatic heterocycles. The van der Waals surface area contributed by atoms with Crippen molar-refractivity contribution in [3.05, 3.63) is 35.9 Å². The zero-order valence-corrected chi connectivity index (χ0v) is 10.5. The Morgan fingerprint density at radius 3 is 2.83 bits per heavy atom. The van der Waals surface area contributed by atoms with Crippen molar-refractivity contribution in [3.63, 3.8) is 0 Å². The third-order valence-electron chi connectivity index (χ3n) is 3.21. The first kappa shape index (κ1) is 13.1. The van der Waals surface area contributed by atoms with Gasteiger partial charge in [-0.25, -0.2) is 0 Å². The predicted octanol–water partition coefficient (Wildman–Crippen LogP) is 3.23. The first-order valence-electron chi connectivity index (χ1n) is 6.55. The van der Waals surface area contributed by atoms with E-state index in [0.717, 1.165) is 25.0 Å². The maximum Gasteiger partial charge on any atom is 0.0956 e. The number of nitriles is 1. The fourth-order valence-corrected chi connectivity index (χ4v) is 2.19. The number of rotatable bonds is 5. The topological polar surface area (TPSA) is 42.2 Å². The van der Waals surface area contributed by atoms with Gasteiger partial charge in [-0.2, -0.15) is 5.26 Å². The van der Waals surface area contributed by atoms with Gasteiger partial charge in [0.25, 0.3) is 0 Å². The number of benzene rings is 1. The molecule has 1 heterocycles. The average molecular weight is 245 g/mol. The second kappa shape index (κ2) is 7.15. The first-order valence-corrected chi connectivity index (χ1v) is 6.55. The lowest BCUT2D eigenvalue weighted by atomic mass is 10.1. The zero-order valence-electron chi connectivity index (χ0n) is 10.5. The van der Waals surface area contributed by atoms with Gasteiger partial charge >= 0.3 is 0 Å². The minimum absolute atomic E-state index is 0.137. The van der Waals surface area contributed by atoms with Crippen LogP contribution in [0, 0.1) is 11.3 Å². The summed E-state index contributed by atoms with van der Waals surface area (Å²) in [6.07, 6.45) is 3.87. The summed E-state index contributed by atoms with van der Waals surface area (Å²) in [7, 11) is 0. The van der Waals surface area contributed by atoms with Gasteiger partial charge in [-0.1, -0.05) is 30.3 Å². The van der Waals surface area contributed by atoms with Crippen molar-refractivity contribution < 1.29 is 9.47 Å². The monoisotopic (exact) mass is 245 g/mol. The molecule has 1 aromatic rings. The van der Waals surface area contributed by atoms with E-state index in [2.05, 4.69) is 6.07 Å². The van der Waals surface area contributed by atoms with Gasteiger partial charge in [0, 0.05) is 6.61 Å². The fraction of sp³-hybridized carbons (Fsp3) is 0.533. The van der Waals surface area contributed by atoms with Crippen molar-refractivity contribution in [1.29, 1.82) is 5.26 Å². The highest BCUT2D eigenvalue weighted by Crippen LogP contribution is 2.22. The molecule has 0 aliphatic carbocycles. The Hall–Kier alpha value is -1.37. The standard InChI is InChI=1S/C15H19NO2/c16-10-9-15(13-6-2-1-3-7-13)18-12-14-8-4-5-11-17-14/h1-3,6-7,14-15H,4-5,8-9,11-12H2. The van der Waals surface area contributed by atoms with Gasteiger partial charge in [-0.3, -0.25) is 0 Å². The van der Waals surface area contributed by atoms with E-state index in [4.69, 9.17) is 14.7 Å². The minimum Gasteiger partial charge on any atom is -0.376 e. The lowest BCUT2D eigenvalue weighted by molar-refractivity contribution is -0.0628. The minimum atomic E-state index is -0.137. The van der Waals surface area contributed by atoms with E-state index in [1.54, 1.807) is 0 Å². The number of ether oxygens (including phenoxy) is 2. The third kappa shape index (κ3) is 3.83. The van der Waals surface area contributed by atoms with Crippen LogP contribution >= 0.6 is 0 Å². The van der Waals surface area contributed by atoms with Crippen LogP contribution in [0.1, 0.15) is 37.4 Å². The lowest BCUT2D eigenvalue weighted by Crippen LogP contribution is -2.25. The normalized spacial score (nSPS) is 21.2. The predicted molar refractivity (Wildman–Crippen MR) is 69.0 cm³/mol. The summed E-state index contributed by atoms with van der Waals surface area (Å²) in [5.74, 6) is 0. The van der Waals surface area contributed by atoms with Gasteiger partial charge in [-0.05, 0) is 24.8 Å². The van der Waals surface area contributed by atoms with E-state index in [-0.39, 0.29) is 12.2 Å². The second-order valence-corrected chi connectivity index (χ2v) is 4.58. The van der Waals surface area contributed by atoms with Gasteiger partial charge in [0.2, 0.25) is 0 Å². The van der Waals surface area contributed by atoms with E-state index in [0.29, 0.717) is 13.0 Å². The van der Waals surface area contributed by atoms with Gasteiger partial charge < -0.3 is 9.47 Å². The highest BCUT2D eigenvalue weighted by molar-refractivity contribution is 5.18. The van der Waals surface area contributed by atoms with Gasteiger partial charge in [0.15, 0.2) is 0 Å².